The van der Waals surface area contributed by atoms with Gasteiger partial charge in [-0.15, -0.1) is 0 Å². The highest BCUT2D eigenvalue weighted by Gasteiger charge is 2.14. The molecule has 0 atom stereocenters. The molecule has 0 aliphatic rings. The second kappa shape index (κ2) is 5.73. The number of H-pyrrole nitrogens is 1. The molecule has 0 unspecified atom stereocenters. The van der Waals surface area contributed by atoms with E-state index in [0.717, 1.165) is 0 Å². The van der Waals surface area contributed by atoms with E-state index in [0.29, 0.717) is 0 Å². The largest absolute Gasteiger partial charge is 0.354 e. The molecular formula is C22H25N. The lowest BCUT2D eigenvalue weighted by molar-refractivity contribution is 1.30. The van der Waals surface area contributed by atoms with Gasteiger partial charge in [0.15, 0.2) is 0 Å². The Morgan fingerprint density at radius 3 is 1.26 bits per heavy atom. The Hall–Kier alpha value is -2.28. The molecule has 0 spiro atoms. The van der Waals surface area contributed by atoms with Crippen LogP contribution < -0.4 is 0 Å². The molecule has 118 valence electrons. The van der Waals surface area contributed by atoms with Crippen LogP contribution in [0.4, 0.5) is 0 Å². The average molecular weight is 303 g/mol. The molecule has 0 bridgehead atoms. The van der Waals surface area contributed by atoms with Gasteiger partial charge in [-0.25, -0.2) is 0 Å². The highest BCUT2D eigenvalue weighted by atomic mass is 14.7. The van der Waals surface area contributed by atoms with Crippen LogP contribution in [0.15, 0.2) is 36.4 Å². The van der Waals surface area contributed by atoms with Crippen molar-refractivity contribution in [3.8, 4) is 22.5 Å². The predicted octanol–water partition coefficient (Wildman–Crippen LogP) is 6.20. The number of nitrogens with one attached hydrogen (secondary N) is 1. The summed E-state index contributed by atoms with van der Waals surface area (Å²) >= 11 is 0. The van der Waals surface area contributed by atoms with Crippen molar-refractivity contribution in [1.29, 1.82) is 0 Å². The van der Waals surface area contributed by atoms with Gasteiger partial charge in [-0.2, -0.15) is 0 Å². The zero-order valence-electron chi connectivity index (χ0n) is 15.0. The van der Waals surface area contributed by atoms with E-state index in [1.165, 1.54) is 55.9 Å². The van der Waals surface area contributed by atoms with E-state index in [-0.39, 0.29) is 0 Å². The summed E-state index contributed by atoms with van der Waals surface area (Å²) in [6.07, 6.45) is 0. The minimum atomic E-state index is 1.24. The van der Waals surface area contributed by atoms with Gasteiger partial charge in [0.1, 0.15) is 0 Å². The number of benzene rings is 2. The Morgan fingerprint density at radius 1 is 0.522 bits per heavy atom. The molecule has 23 heavy (non-hydrogen) atoms. The zero-order chi connectivity index (χ0) is 16.7. The summed E-state index contributed by atoms with van der Waals surface area (Å²) in [6.45, 7) is 13.1. The monoisotopic (exact) mass is 303 g/mol. The molecule has 0 fully saturated rings. The fourth-order valence-corrected chi connectivity index (χ4v) is 3.06. The van der Waals surface area contributed by atoms with Crippen LogP contribution in [0.5, 0.6) is 0 Å². The minimum absolute atomic E-state index is 1.24. The summed E-state index contributed by atoms with van der Waals surface area (Å²) in [6, 6.07) is 13.4. The van der Waals surface area contributed by atoms with Crippen molar-refractivity contribution in [3.05, 3.63) is 69.8 Å². The molecule has 0 aliphatic carbocycles. The first-order chi connectivity index (χ1) is 10.9. The lowest BCUT2D eigenvalue weighted by Crippen LogP contribution is -1.86. The molecule has 0 saturated heterocycles. The molecule has 1 N–H and O–H groups in total. The normalized spacial score (nSPS) is 11.0. The predicted molar refractivity (Wildman–Crippen MR) is 100 cm³/mol. The topological polar surface area (TPSA) is 15.8 Å². The summed E-state index contributed by atoms with van der Waals surface area (Å²) in [7, 11) is 0. The van der Waals surface area contributed by atoms with E-state index >= 15 is 0 Å². The van der Waals surface area contributed by atoms with Gasteiger partial charge in [-0.05, 0) is 98.2 Å². The molecule has 1 heterocycles. The Morgan fingerprint density at radius 2 is 0.913 bits per heavy atom. The second-order valence-corrected chi connectivity index (χ2v) is 6.72. The van der Waals surface area contributed by atoms with Crippen LogP contribution in [0.3, 0.4) is 0 Å². The molecule has 0 amide bonds. The Balaban J connectivity index is 2.14. The van der Waals surface area contributed by atoms with E-state index in [1.54, 1.807) is 0 Å². The molecule has 2 aromatic carbocycles. The third-order valence-electron chi connectivity index (χ3n) is 5.15. The molecule has 3 rings (SSSR count). The van der Waals surface area contributed by atoms with Crippen LogP contribution >= 0.6 is 0 Å². The van der Waals surface area contributed by atoms with E-state index in [4.69, 9.17) is 0 Å². The van der Waals surface area contributed by atoms with Crippen LogP contribution in [0.1, 0.15) is 33.4 Å². The Labute approximate surface area is 139 Å². The molecule has 1 heteroatoms. The van der Waals surface area contributed by atoms with Crippen LogP contribution in [0, 0.1) is 41.5 Å². The molecule has 0 radical (unpaired) electrons. The van der Waals surface area contributed by atoms with E-state index in [2.05, 4.69) is 82.9 Å². The zero-order valence-corrected chi connectivity index (χ0v) is 15.0. The summed E-state index contributed by atoms with van der Waals surface area (Å²) in [5, 5.41) is 0. The Bertz CT molecular complexity index is 809. The molecule has 1 nitrogen and oxygen atoms in total. The molecule has 0 aliphatic heterocycles. The molecule has 1 aromatic heterocycles. The maximum Gasteiger partial charge on any atom is 0.0491 e. The van der Waals surface area contributed by atoms with Crippen LogP contribution in [-0.4, -0.2) is 4.98 Å². The van der Waals surface area contributed by atoms with Gasteiger partial charge in [0.25, 0.3) is 0 Å². The first-order valence-corrected chi connectivity index (χ1v) is 8.23. The lowest BCUT2D eigenvalue weighted by Gasteiger charge is -2.06. The van der Waals surface area contributed by atoms with Crippen molar-refractivity contribution >= 4 is 0 Å². The Kier molecular flexibility index (Phi) is 3.89. The van der Waals surface area contributed by atoms with Crippen molar-refractivity contribution < 1.29 is 0 Å². The van der Waals surface area contributed by atoms with Crippen LogP contribution in [0.25, 0.3) is 22.5 Å². The molecule has 3 aromatic rings. The third-order valence-corrected chi connectivity index (χ3v) is 5.15. The van der Waals surface area contributed by atoms with Crippen LogP contribution in [0.2, 0.25) is 0 Å². The molecule has 0 saturated carbocycles. The van der Waals surface area contributed by atoms with Crippen molar-refractivity contribution in [2.24, 2.45) is 0 Å². The lowest BCUT2D eigenvalue weighted by atomic mass is 10.00. The number of aromatic nitrogens is 1. The summed E-state index contributed by atoms with van der Waals surface area (Å²) < 4.78 is 0. The number of aromatic amines is 1. The fraction of sp³-hybridized carbons (Fsp3) is 0.273. The van der Waals surface area contributed by atoms with Gasteiger partial charge in [-0.1, -0.05) is 24.3 Å². The fourth-order valence-electron chi connectivity index (χ4n) is 3.06. The summed E-state index contributed by atoms with van der Waals surface area (Å²) in [5.41, 5.74) is 13.0. The highest BCUT2D eigenvalue weighted by molar-refractivity contribution is 5.76. The summed E-state index contributed by atoms with van der Waals surface area (Å²) in [4.78, 5) is 3.68. The first-order valence-electron chi connectivity index (χ1n) is 8.23. The highest BCUT2D eigenvalue weighted by Crippen LogP contribution is 2.34. The van der Waals surface area contributed by atoms with Crippen molar-refractivity contribution in [2.45, 2.75) is 41.5 Å². The third kappa shape index (κ3) is 2.72. The number of hydrogen-bond donors (Lipinski definition) is 1. The van der Waals surface area contributed by atoms with Gasteiger partial charge >= 0.3 is 0 Å². The van der Waals surface area contributed by atoms with Crippen molar-refractivity contribution in [3.63, 3.8) is 0 Å². The summed E-state index contributed by atoms with van der Waals surface area (Å²) in [5.74, 6) is 0. The standard InChI is InChI=1S/C22H25N/c1-13-7-9-19(11-15(13)3)21-17(5)18(6)22(23-21)20-10-8-14(2)16(4)12-20/h7-12,23H,1-6H3. The first kappa shape index (κ1) is 15.6. The van der Waals surface area contributed by atoms with E-state index in [1.807, 2.05) is 0 Å². The van der Waals surface area contributed by atoms with Crippen LogP contribution in [-0.2, 0) is 0 Å². The minimum Gasteiger partial charge on any atom is -0.354 e. The van der Waals surface area contributed by atoms with Gasteiger partial charge in [0.2, 0.25) is 0 Å². The van der Waals surface area contributed by atoms with Gasteiger partial charge in [0.05, 0.1) is 0 Å². The van der Waals surface area contributed by atoms with Crippen molar-refractivity contribution in [2.75, 3.05) is 0 Å². The average Bonchev–Trinajstić information content (AvgIpc) is 2.81. The number of hydrogen-bond acceptors (Lipinski definition) is 0. The van der Waals surface area contributed by atoms with Gasteiger partial charge in [-0.3, -0.25) is 0 Å². The number of aryl methyl sites for hydroxylation is 4. The van der Waals surface area contributed by atoms with E-state index < -0.39 is 0 Å². The molecular weight excluding hydrogens is 278 g/mol. The SMILES string of the molecule is Cc1ccc(-c2[nH]c(-c3ccc(C)c(C)c3)c(C)c2C)cc1C. The second-order valence-electron chi connectivity index (χ2n) is 6.72. The quantitative estimate of drug-likeness (QED) is 0.580. The number of rotatable bonds is 2. The van der Waals surface area contributed by atoms with E-state index in [9.17, 15) is 0 Å². The van der Waals surface area contributed by atoms with Gasteiger partial charge in [0, 0.05) is 11.4 Å². The smallest absolute Gasteiger partial charge is 0.0491 e. The van der Waals surface area contributed by atoms with Crippen molar-refractivity contribution in [1.82, 2.24) is 4.98 Å². The maximum absolute atomic E-state index is 3.68. The maximum atomic E-state index is 3.68. The van der Waals surface area contributed by atoms with Gasteiger partial charge < -0.3 is 4.98 Å².